The molecular weight excluding hydrogens is 436 g/mol. The molecular formula is C25H24N4O3S. The number of allylic oxidation sites excluding steroid dienone is 1. The lowest BCUT2D eigenvalue weighted by Gasteiger charge is -2.10. The molecule has 8 heteroatoms. The van der Waals surface area contributed by atoms with E-state index >= 15 is 0 Å². The van der Waals surface area contributed by atoms with Gasteiger partial charge in [0.15, 0.2) is 11.0 Å². The summed E-state index contributed by atoms with van der Waals surface area (Å²) in [5.74, 6) is 2.21. The van der Waals surface area contributed by atoms with Crippen LogP contribution >= 0.6 is 11.8 Å². The minimum atomic E-state index is -0.111. The normalized spacial score (nSPS) is 10.7. The summed E-state index contributed by atoms with van der Waals surface area (Å²) in [4.78, 5) is 12.6. The summed E-state index contributed by atoms with van der Waals surface area (Å²) in [5, 5.41) is 14.2. The molecule has 168 valence electrons. The Morgan fingerprint density at radius 2 is 1.82 bits per heavy atom. The van der Waals surface area contributed by atoms with Gasteiger partial charge in [-0.15, -0.1) is 16.8 Å². The molecule has 0 aliphatic rings. The Morgan fingerprint density at radius 3 is 2.61 bits per heavy atom. The molecule has 0 saturated heterocycles. The number of nitrogens with one attached hydrogen (secondary N) is 1. The summed E-state index contributed by atoms with van der Waals surface area (Å²) in [6.45, 7) is 4.58. The van der Waals surface area contributed by atoms with E-state index in [4.69, 9.17) is 9.47 Å². The van der Waals surface area contributed by atoms with E-state index in [1.807, 2.05) is 71.3 Å². The number of hydrogen-bond acceptors (Lipinski definition) is 6. The van der Waals surface area contributed by atoms with Crippen LogP contribution in [0.5, 0.6) is 11.5 Å². The molecule has 1 amide bonds. The summed E-state index contributed by atoms with van der Waals surface area (Å²) in [7, 11) is 1.62. The summed E-state index contributed by atoms with van der Waals surface area (Å²) in [6.07, 6.45) is 1.76. The van der Waals surface area contributed by atoms with Crippen molar-refractivity contribution in [1.29, 1.82) is 0 Å². The number of carbonyl (C=O) groups is 1. The molecule has 0 radical (unpaired) electrons. The zero-order valence-corrected chi connectivity index (χ0v) is 19.0. The third-order valence-corrected chi connectivity index (χ3v) is 5.90. The van der Waals surface area contributed by atoms with Gasteiger partial charge in [-0.25, -0.2) is 0 Å². The summed E-state index contributed by atoms with van der Waals surface area (Å²) >= 11 is 1.32. The number of thioether (sulfide) groups is 1. The molecule has 0 aliphatic carbocycles. The highest BCUT2D eigenvalue weighted by Crippen LogP contribution is 2.24. The summed E-state index contributed by atoms with van der Waals surface area (Å²) < 4.78 is 12.9. The van der Waals surface area contributed by atoms with Crippen LogP contribution in [-0.2, 0) is 17.9 Å². The molecule has 0 fully saturated rings. The molecule has 4 aromatic rings. The van der Waals surface area contributed by atoms with Crippen LogP contribution in [0.3, 0.4) is 0 Å². The molecule has 0 unspecified atom stereocenters. The first-order chi connectivity index (χ1) is 16.2. The van der Waals surface area contributed by atoms with Crippen LogP contribution < -0.4 is 14.8 Å². The fourth-order valence-electron chi connectivity index (χ4n) is 3.32. The van der Waals surface area contributed by atoms with Gasteiger partial charge >= 0.3 is 0 Å². The molecule has 1 aromatic heterocycles. The number of methoxy groups -OCH3 is 1. The van der Waals surface area contributed by atoms with Crippen molar-refractivity contribution in [1.82, 2.24) is 14.8 Å². The van der Waals surface area contributed by atoms with Crippen molar-refractivity contribution in [3.63, 3.8) is 0 Å². The highest BCUT2D eigenvalue weighted by atomic mass is 32.2. The van der Waals surface area contributed by atoms with E-state index in [0.717, 1.165) is 22.2 Å². The third kappa shape index (κ3) is 5.53. The molecule has 7 nitrogen and oxygen atoms in total. The van der Waals surface area contributed by atoms with E-state index in [1.54, 1.807) is 13.2 Å². The number of aromatic nitrogens is 3. The SMILES string of the molecule is C=CCn1c(COc2ccc(OC)cc2)nnc1SCC(=O)Nc1cccc2ccccc12. The average molecular weight is 461 g/mol. The van der Waals surface area contributed by atoms with Crippen molar-refractivity contribution < 1.29 is 14.3 Å². The molecule has 33 heavy (non-hydrogen) atoms. The lowest BCUT2D eigenvalue weighted by molar-refractivity contribution is -0.113. The lowest BCUT2D eigenvalue weighted by atomic mass is 10.1. The van der Waals surface area contributed by atoms with Crippen molar-refractivity contribution in [3.05, 3.63) is 85.2 Å². The zero-order valence-electron chi connectivity index (χ0n) is 18.2. The number of rotatable bonds is 10. The first-order valence-electron chi connectivity index (χ1n) is 10.4. The van der Waals surface area contributed by atoms with E-state index < -0.39 is 0 Å². The predicted molar refractivity (Wildman–Crippen MR) is 131 cm³/mol. The third-order valence-electron chi connectivity index (χ3n) is 4.93. The van der Waals surface area contributed by atoms with Crippen LogP contribution in [-0.4, -0.2) is 33.5 Å². The molecule has 0 bridgehead atoms. The molecule has 0 aliphatic heterocycles. The van der Waals surface area contributed by atoms with Crippen molar-refractivity contribution in [2.75, 3.05) is 18.2 Å². The number of hydrogen-bond donors (Lipinski definition) is 1. The Hall–Kier alpha value is -3.78. The fourth-order valence-corrected chi connectivity index (χ4v) is 4.08. The minimum Gasteiger partial charge on any atom is -0.497 e. The van der Waals surface area contributed by atoms with Gasteiger partial charge in [0, 0.05) is 17.6 Å². The quantitative estimate of drug-likeness (QED) is 0.267. The van der Waals surface area contributed by atoms with Crippen molar-refractivity contribution >= 4 is 34.1 Å². The second-order valence-electron chi connectivity index (χ2n) is 7.13. The Bertz CT molecular complexity index is 1250. The number of amides is 1. The number of benzene rings is 3. The zero-order chi connectivity index (χ0) is 23.0. The Labute approximate surface area is 196 Å². The summed E-state index contributed by atoms with van der Waals surface area (Å²) in [6, 6.07) is 21.1. The first-order valence-corrected chi connectivity index (χ1v) is 11.4. The van der Waals surface area contributed by atoms with Gasteiger partial charge in [0.1, 0.15) is 18.1 Å². The standard InChI is InChI=1S/C25H24N4O3S/c1-3-15-29-23(16-32-20-13-11-19(31-2)12-14-20)27-28-25(29)33-17-24(30)26-22-10-6-8-18-7-4-5-9-21(18)22/h3-14H,1,15-17H2,2H3,(H,26,30). The first kappa shape index (κ1) is 22.4. The second kappa shape index (κ2) is 10.7. The number of ether oxygens (including phenoxy) is 2. The minimum absolute atomic E-state index is 0.111. The fraction of sp³-hybridized carbons (Fsp3) is 0.160. The highest BCUT2D eigenvalue weighted by molar-refractivity contribution is 7.99. The van der Waals surface area contributed by atoms with Crippen LogP contribution in [0.15, 0.2) is 84.5 Å². The van der Waals surface area contributed by atoms with Crippen molar-refractivity contribution in [3.8, 4) is 11.5 Å². The smallest absolute Gasteiger partial charge is 0.234 e. The molecule has 3 aromatic carbocycles. The van der Waals surface area contributed by atoms with E-state index in [-0.39, 0.29) is 18.3 Å². The van der Waals surface area contributed by atoms with E-state index in [1.165, 1.54) is 11.8 Å². The van der Waals surface area contributed by atoms with Gasteiger partial charge in [0.25, 0.3) is 0 Å². The average Bonchev–Trinajstić information content (AvgIpc) is 3.23. The number of carbonyl (C=O) groups excluding carboxylic acids is 1. The number of nitrogens with zero attached hydrogens (tertiary/aromatic N) is 3. The Balaban J connectivity index is 1.39. The van der Waals surface area contributed by atoms with Crippen LogP contribution in [0.2, 0.25) is 0 Å². The van der Waals surface area contributed by atoms with Crippen LogP contribution in [0.4, 0.5) is 5.69 Å². The number of anilines is 1. The van der Waals surface area contributed by atoms with Gasteiger partial charge in [-0.05, 0) is 35.7 Å². The molecule has 1 N–H and O–H groups in total. The predicted octanol–water partition coefficient (Wildman–Crippen LogP) is 4.94. The van der Waals surface area contributed by atoms with E-state index in [0.29, 0.717) is 23.3 Å². The van der Waals surface area contributed by atoms with E-state index in [9.17, 15) is 4.79 Å². The topological polar surface area (TPSA) is 78.3 Å². The lowest BCUT2D eigenvalue weighted by Crippen LogP contribution is -2.15. The van der Waals surface area contributed by atoms with Gasteiger partial charge in [-0.2, -0.15) is 0 Å². The second-order valence-corrected chi connectivity index (χ2v) is 8.07. The number of fused-ring (bicyclic) bond motifs is 1. The van der Waals surface area contributed by atoms with Crippen LogP contribution in [0.1, 0.15) is 5.82 Å². The molecule has 0 atom stereocenters. The maximum atomic E-state index is 12.6. The van der Waals surface area contributed by atoms with Crippen molar-refractivity contribution in [2.24, 2.45) is 0 Å². The van der Waals surface area contributed by atoms with Gasteiger partial charge in [-0.1, -0.05) is 54.2 Å². The van der Waals surface area contributed by atoms with Gasteiger partial charge in [-0.3, -0.25) is 9.36 Å². The summed E-state index contributed by atoms with van der Waals surface area (Å²) in [5.41, 5.74) is 0.792. The van der Waals surface area contributed by atoms with Crippen LogP contribution in [0, 0.1) is 0 Å². The molecule has 0 spiro atoms. The monoisotopic (exact) mass is 460 g/mol. The largest absolute Gasteiger partial charge is 0.497 e. The Morgan fingerprint density at radius 1 is 1.06 bits per heavy atom. The van der Waals surface area contributed by atoms with Crippen LogP contribution in [0.25, 0.3) is 10.8 Å². The molecule has 0 saturated carbocycles. The van der Waals surface area contributed by atoms with Gasteiger partial charge < -0.3 is 14.8 Å². The molecule has 1 heterocycles. The van der Waals surface area contributed by atoms with Gasteiger partial charge in [0.2, 0.25) is 5.91 Å². The highest BCUT2D eigenvalue weighted by Gasteiger charge is 2.15. The van der Waals surface area contributed by atoms with Crippen molar-refractivity contribution in [2.45, 2.75) is 18.3 Å². The maximum absolute atomic E-state index is 12.6. The van der Waals surface area contributed by atoms with Gasteiger partial charge in [0.05, 0.1) is 12.9 Å². The maximum Gasteiger partial charge on any atom is 0.234 e. The van der Waals surface area contributed by atoms with E-state index in [2.05, 4.69) is 22.1 Å². The molecule has 4 rings (SSSR count). The Kier molecular flexibility index (Phi) is 7.26.